The predicted molar refractivity (Wildman–Crippen MR) is 181 cm³/mol. The Morgan fingerprint density at radius 2 is 1.38 bits per heavy atom. The molecule has 4 aromatic heterocycles. The van der Waals surface area contributed by atoms with Crippen molar-refractivity contribution >= 4 is 61.3 Å². The van der Waals surface area contributed by atoms with Crippen molar-refractivity contribution in [3.8, 4) is 5.88 Å². The van der Waals surface area contributed by atoms with E-state index >= 15 is 0 Å². The minimum absolute atomic E-state index is 0.182. The van der Waals surface area contributed by atoms with E-state index in [0.717, 1.165) is 65.5 Å². The van der Waals surface area contributed by atoms with E-state index < -0.39 is 17.9 Å². The smallest absolute Gasteiger partial charge is 0.337 e. The highest BCUT2D eigenvalue weighted by atomic mass is 16.5. The molecule has 12 nitrogen and oxygen atoms in total. The summed E-state index contributed by atoms with van der Waals surface area (Å²) < 4.78 is 10.6. The second-order valence-corrected chi connectivity index (χ2v) is 11.1. The number of aliphatic carboxylic acids is 1. The summed E-state index contributed by atoms with van der Waals surface area (Å²) in [6.07, 6.45) is 12.5. The molecule has 246 valence electrons. The van der Waals surface area contributed by atoms with Gasteiger partial charge < -0.3 is 24.7 Å². The lowest BCUT2D eigenvalue weighted by molar-refractivity contribution is -0.137. The monoisotopic (exact) mass is 650 g/mol. The quantitative estimate of drug-likeness (QED) is 0.0743. The van der Waals surface area contributed by atoms with Crippen LogP contribution in [0.5, 0.6) is 5.88 Å². The Labute approximate surface area is 274 Å². The first-order valence-corrected chi connectivity index (χ1v) is 15.5. The molecule has 3 N–H and O–H groups in total. The summed E-state index contributed by atoms with van der Waals surface area (Å²) in [7, 11) is 1.32. The Morgan fingerprint density at radius 3 is 2.08 bits per heavy atom. The number of carbonyl (C=O) groups excluding carboxylic acids is 1. The number of unbranched alkanes of at least 4 members (excludes halogenated alkanes) is 5. The third-order valence-corrected chi connectivity index (χ3v) is 7.88. The first-order chi connectivity index (χ1) is 23.3. The standard InChI is InChI=1S/C22H24N2O5.C14H10N2O3/c25-20(26)7-5-3-1-2-4-6-12-29-21-17-10-11-23-14-18(17)16-9-8-15(22(27)28)13-19(16)24-21;1-19-14(18)8-2-3-9-11-7-15-5-4-10(11)13(17)16-12(9)6-8/h8-11,13-14H,1-7,12H2,(H,25,26)(H,27,28);2-7H,1H3,(H,16,17). The summed E-state index contributed by atoms with van der Waals surface area (Å²) in [6.45, 7) is 0.518. The van der Waals surface area contributed by atoms with E-state index in [4.69, 9.17) is 9.84 Å². The molecule has 0 amide bonds. The van der Waals surface area contributed by atoms with Crippen molar-refractivity contribution in [3.05, 3.63) is 94.8 Å². The summed E-state index contributed by atoms with van der Waals surface area (Å²) >= 11 is 0. The Hall–Kier alpha value is -5.91. The van der Waals surface area contributed by atoms with Crippen LogP contribution < -0.4 is 10.3 Å². The number of aromatic carboxylic acids is 1. The number of nitrogens with zero attached hydrogens (tertiary/aromatic N) is 3. The van der Waals surface area contributed by atoms with Crippen LogP contribution in [0, 0.1) is 0 Å². The molecule has 0 aliphatic heterocycles. The molecule has 0 aliphatic carbocycles. The van der Waals surface area contributed by atoms with E-state index in [2.05, 4.69) is 24.7 Å². The topological polar surface area (TPSA) is 182 Å². The predicted octanol–water partition coefficient (Wildman–Crippen LogP) is 6.54. The first-order valence-electron chi connectivity index (χ1n) is 15.5. The maximum Gasteiger partial charge on any atom is 0.337 e. The maximum absolute atomic E-state index is 11.9. The van der Waals surface area contributed by atoms with Crippen molar-refractivity contribution in [3.63, 3.8) is 0 Å². The van der Waals surface area contributed by atoms with Crippen molar-refractivity contribution in [1.29, 1.82) is 0 Å². The van der Waals surface area contributed by atoms with Gasteiger partial charge in [-0.05, 0) is 49.2 Å². The van der Waals surface area contributed by atoms with Crippen LogP contribution in [0.15, 0.2) is 78.1 Å². The van der Waals surface area contributed by atoms with Crippen LogP contribution >= 0.6 is 0 Å². The van der Waals surface area contributed by atoms with Crippen LogP contribution in [0.1, 0.15) is 65.7 Å². The van der Waals surface area contributed by atoms with Gasteiger partial charge >= 0.3 is 17.9 Å². The number of fused-ring (bicyclic) bond motifs is 6. The number of hydrogen-bond acceptors (Lipinski definition) is 9. The van der Waals surface area contributed by atoms with Crippen LogP contribution in [0.4, 0.5) is 0 Å². The molecule has 12 heteroatoms. The molecule has 0 fully saturated rings. The highest BCUT2D eigenvalue weighted by Gasteiger charge is 2.13. The number of H-pyrrole nitrogens is 1. The van der Waals surface area contributed by atoms with E-state index in [1.54, 1.807) is 67.3 Å². The summed E-state index contributed by atoms with van der Waals surface area (Å²) in [5.41, 5.74) is 1.54. The number of carboxylic acid groups (broad SMARTS) is 2. The zero-order valence-electron chi connectivity index (χ0n) is 26.3. The lowest BCUT2D eigenvalue weighted by Gasteiger charge is -2.11. The average molecular weight is 651 g/mol. The van der Waals surface area contributed by atoms with Gasteiger partial charge in [0.2, 0.25) is 5.88 Å². The number of esters is 1. The van der Waals surface area contributed by atoms with Gasteiger partial charge in [0, 0.05) is 63.7 Å². The minimum atomic E-state index is -0.995. The van der Waals surface area contributed by atoms with Crippen molar-refractivity contribution in [2.75, 3.05) is 13.7 Å². The van der Waals surface area contributed by atoms with E-state index in [1.165, 1.54) is 7.11 Å². The number of rotatable bonds is 12. The van der Waals surface area contributed by atoms with Gasteiger partial charge in [-0.25, -0.2) is 14.6 Å². The van der Waals surface area contributed by atoms with Gasteiger partial charge in [0.15, 0.2) is 0 Å². The number of hydrogen-bond donors (Lipinski definition) is 3. The normalized spacial score (nSPS) is 10.9. The van der Waals surface area contributed by atoms with E-state index in [1.807, 2.05) is 6.07 Å². The van der Waals surface area contributed by atoms with Crippen molar-refractivity contribution in [1.82, 2.24) is 19.9 Å². The highest BCUT2D eigenvalue weighted by Crippen LogP contribution is 2.31. The number of carboxylic acids is 2. The number of pyridine rings is 4. The molecule has 2 aromatic carbocycles. The Morgan fingerprint density at radius 1 is 0.729 bits per heavy atom. The van der Waals surface area contributed by atoms with Crippen LogP contribution in [-0.4, -0.2) is 61.8 Å². The van der Waals surface area contributed by atoms with E-state index in [-0.39, 0.29) is 17.5 Å². The van der Waals surface area contributed by atoms with Crippen molar-refractivity contribution in [2.45, 2.75) is 44.9 Å². The largest absolute Gasteiger partial charge is 0.481 e. The molecule has 0 unspecified atom stereocenters. The lowest BCUT2D eigenvalue weighted by atomic mass is 10.1. The average Bonchev–Trinajstić information content (AvgIpc) is 3.10. The fourth-order valence-corrected chi connectivity index (χ4v) is 5.44. The molecule has 6 aromatic rings. The number of benzene rings is 2. The first kappa shape index (κ1) is 33.5. The number of ether oxygens (including phenoxy) is 2. The molecule has 0 radical (unpaired) electrons. The zero-order chi connectivity index (χ0) is 34.0. The Kier molecular flexibility index (Phi) is 10.9. The number of aromatic nitrogens is 4. The van der Waals surface area contributed by atoms with Crippen molar-refractivity contribution < 1.29 is 34.1 Å². The molecule has 0 bridgehead atoms. The molecule has 0 saturated carbocycles. The molecular weight excluding hydrogens is 616 g/mol. The minimum Gasteiger partial charge on any atom is -0.481 e. The van der Waals surface area contributed by atoms with Crippen LogP contribution in [0.2, 0.25) is 0 Å². The van der Waals surface area contributed by atoms with E-state index in [9.17, 15) is 24.3 Å². The number of nitrogens with one attached hydrogen (secondary N) is 1. The summed E-state index contributed by atoms with van der Waals surface area (Å²) in [6, 6.07) is 13.4. The van der Waals surface area contributed by atoms with Crippen LogP contribution in [0.3, 0.4) is 0 Å². The van der Waals surface area contributed by atoms with Crippen LogP contribution in [-0.2, 0) is 9.53 Å². The van der Waals surface area contributed by atoms with Gasteiger partial charge in [-0.3, -0.25) is 19.6 Å². The fraction of sp³-hybridized carbons (Fsp3) is 0.250. The second-order valence-electron chi connectivity index (χ2n) is 11.1. The third kappa shape index (κ3) is 7.89. The molecule has 0 atom stereocenters. The van der Waals surface area contributed by atoms with E-state index in [0.29, 0.717) is 34.5 Å². The van der Waals surface area contributed by atoms with Gasteiger partial charge in [0.25, 0.3) is 5.56 Å². The summed E-state index contributed by atoms with van der Waals surface area (Å²) in [4.78, 5) is 60.7. The zero-order valence-corrected chi connectivity index (χ0v) is 26.3. The number of aromatic amines is 1. The molecular formula is C36H34N4O8. The van der Waals surface area contributed by atoms with Gasteiger partial charge in [-0.15, -0.1) is 0 Å². The Balaban J connectivity index is 0.000000204. The molecule has 0 aliphatic rings. The molecule has 48 heavy (non-hydrogen) atoms. The second kappa shape index (κ2) is 15.6. The van der Waals surface area contributed by atoms with Crippen molar-refractivity contribution in [2.24, 2.45) is 0 Å². The molecule has 4 heterocycles. The maximum atomic E-state index is 11.9. The molecule has 0 spiro atoms. The fourth-order valence-electron chi connectivity index (χ4n) is 5.44. The summed E-state index contributed by atoms with van der Waals surface area (Å²) in [5, 5.41) is 22.6. The van der Waals surface area contributed by atoms with Gasteiger partial charge in [-0.1, -0.05) is 37.8 Å². The summed E-state index contributed by atoms with van der Waals surface area (Å²) in [5.74, 6) is -1.68. The van der Waals surface area contributed by atoms with Gasteiger partial charge in [-0.2, -0.15) is 0 Å². The van der Waals surface area contributed by atoms with Crippen LogP contribution in [0.25, 0.3) is 43.4 Å². The molecule has 0 saturated heterocycles. The SMILES string of the molecule is COC(=O)c1ccc2c(c1)[nH]c(=O)c1ccncc12.O=C(O)CCCCCCCCOc1nc2cc(C(=O)O)ccc2c2cnccc12. The third-order valence-electron chi connectivity index (χ3n) is 7.88. The lowest BCUT2D eigenvalue weighted by Crippen LogP contribution is -2.08. The highest BCUT2D eigenvalue weighted by molar-refractivity contribution is 6.09. The van der Waals surface area contributed by atoms with Gasteiger partial charge in [0.1, 0.15) is 0 Å². The number of methoxy groups -OCH3 is 1. The Bertz CT molecular complexity index is 2180. The van der Waals surface area contributed by atoms with Gasteiger partial charge in [0.05, 0.1) is 35.7 Å². The number of carbonyl (C=O) groups is 3. The molecule has 6 rings (SSSR count).